The van der Waals surface area contributed by atoms with E-state index in [2.05, 4.69) is 10.1 Å². The maximum atomic E-state index is 13.0. The van der Waals surface area contributed by atoms with Crippen molar-refractivity contribution in [3.8, 4) is 5.75 Å². The predicted octanol–water partition coefficient (Wildman–Crippen LogP) is 4.10. The number of halogens is 3. The van der Waals surface area contributed by atoms with Gasteiger partial charge in [-0.2, -0.15) is 8.78 Å². The Morgan fingerprint density at radius 3 is 2.17 bits per heavy atom. The van der Waals surface area contributed by atoms with E-state index < -0.39 is 12.0 Å². The molecule has 3 rings (SSSR count). The standard InChI is InChI=1S/C17H14F3NO2/c18-12-3-1-11(2-4-12)17(9-10-17)15(22)21-13-5-7-14(8-6-13)23-16(19)20/h1-8,16H,9-10H2,(H,21,22). The Bertz CT molecular complexity index is 695. The van der Waals surface area contributed by atoms with E-state index in [0.717, 1.165) is 5.56 Å². The van der Waals surface area contributed by atoms with Gasteiger partial charge in [-0.25, -0.2) is 4.39 Å². The Morgan fingerprint density at radius 1 is 1.04 bits per heavy atom. The molecule has 120 valence electrons. The molecular weight excluding hydrogens is 307 g/mol. The van der Waals surface area contributed by atoms with Gasteiger partial charge in [-0.3, -0.25) is 4.79 Å². The summed E-state index contributed by atoms with van der Waals surface area (Å²) in [4.78, 5) is 12.5. The quantitative estimate of drug-likeness (QED) is 0.900. The summed E-state index contributed by atoms with van der Waals surface area (Å²) < 4.78 is 41.4. The molecule has 6 heteroatoms. The fourth-order valence-electron chi connectivity index (χ4n) is 2.51. The van der Waals surface area contributed by atoms with E-state index in [4.69, 9.17) is 0 Å². The molecule has 3 nitrogen and oxygen atoms in total. The average molecular weight is 321 g/mol. The van der Waals surface area contributed by atoms with E-state index in [0.29, 0.717) is 18.5 Å². The van der Waals surface area contributed by atoms with Gasteiger partial charge in [-0.1, -0.05) is 12.1 Å². The van der Waals surface area contributed by atoms with Crippen LogP contribution in [0.3, 0.4) is 0 Å². The third-order valence-corrected chi connectivity index (χ3v) is 3.92. The van der Waals surface area contributed by atoms with Crippen LogP contribution in [-0.4, -0.2) is 12.5 Å². The fourth-order valence-corrected chi connectivity index (χ4v) is 2.51. The van der Waals surface area contributed by atoms with Crippen LogP contribution in [0, 0.1) is 5.82 Å². The van der Waals surface area contributed by atoms with Crippen LogP contribution >= 0.6 is 0 Å². The summed E-state index contributed by atoms with van der Waals surface area (Å²) in [6, 6.07) is 11.6. The van der Waals surface area contributed by atoms with Gasteiger partial charge in [-0.15, -0.1) is 0 Å². The zero-order valence-electron chi connectivity index (χ0n) is 12.1. The van der Waals surface area contributed by atoms with Crippen LogP contribution < -0.4 is 10.1 Å². The number of amides is 1. The van der Waals surface area contributed by atoms with Crippen molar-refractivity contribution in [3.05, 3.63) is 59.9 Å². The predicted molar refractivity (Wildman–Crippen MR) is 79.0 cm³/mol. The second-order valence-electron chi connectivity index (χ2n) is 5.45. The maximum absolute atomic E-state index is 13.0. The summed E-state index contributed by atoms with van der Waals surface area (Å²) >= 11 is 0. The molecule has 0 saturated heterocycles. The number of hydrogen-bond acceptors (Lipinski definition) is 2. The molecule has 2 aromatic carbocycles. The summed E-state index contributed by atoms with van der Waals surface area (Å²) in [7, 11) is 0. The van der Waals surface area contributed by atoms with E-state index in [1.807, 2.05) is 0 Å². The number of carbonyl (C=O) groups excluding carboxylic acids is 1. The maximum Gasteiger partial charge on any atom is 0.387 e. The van der Waals surface area contributed by atoms with Crippen LogP contribution in [0.15, 0.2) is 48.5 Å². The van der Waals surface area contributed by atoms with Gasteiger partial charge in [0, 0.05) is 5.69 Å². The molecule has 1 saturated carbocycles. The average Bonchev–Trinajstić information content (AvgIpc) is 3.31. The number of nitrogens with one attached hydrogen (secondary N) is 1. The van der Waals surface area contributed by atoms with Gasteiger partial charge in [0.05, 0.1) is 5.41 Å². The summed E-state index contributed by atoms with van der Waals surface area (Å²) in [5.74, 6) is -0.510. The van der Waals surface area contributed by atoms with Gasteiger partial charge in [0.1, 0.15) is 11.6 Å². The molecule has 0 bridgehead atoms. The molecule has 0 aliphatic heterocycles. The summed E-state index contributed by atoms with van der Waals surface area (Å²) in [5.41, 5.74) is 0.630. The normalized spacial score (nSPS) is 15.3. The van der Waals surface area contributed by atoms with Gasteiger partial charge in [0.2, 0.25) is 5.91 Å². The van der Waals surface area contributed by atoms with Crippen LogP contribution in [0.2, 0.25) is 0 Å². The number of alkyl halides is 2. The first-order valence-electron chi connectivity index (χ1n) is 7.12. The highest BCUT2D eigenvalue weighted by atomic mass is 19.3. The Kier molecular flexibility index (Phi) is 3.98. The van der Waals surface area contributed by atoms with Crippen molar-refractivity contribution in [2.24, 2.45) is 0 Å². The number of anilines is 1. The Labute approximate surface area is 131 Å². The van der Waals surface area contributed by atoms with Crippen molar-refractivity contribution in [3.63, 3.8) is 0 Å². The lowest BCUT2D eigenvalue weighted by molar-refractivity contribution is -0.118. The highest BCUT2D eigenvalue weighted by molar-refractivity contribution is 6.01. The molecule has 1 aliphatic rings. The molecule has 0 radical (unpaired) electrons. The molecular formula is C17H14F3NO2. The molecule has 1 fully saturated rings. The first-order chi connectivity index (χ1) is 11.0. The number of carbonyl (C=O) groups is 1. The lowest BCUT2D eigenvalue weighted by atomic mass is 9.95. The van der Waals surface area contributed by atoms with E-state index in [1.54, 1.807) is 12.1 Å². The first kappa shape index (κ1) is 15.4. The zero-order chi connectivity index (χ0) is 16.4. The minimum Gasteiger partial charge on any atom is -0.435 e. The minimum absolute atomic E-state index is 0.0256. The van der Waals surface area contributed by atoms with Crippen LogP contribution in [-0.2, 0) is 10.2 Å². The highest BCUT2D eigenvalue weighted by Crippen LogP contribution is 2.49. The molecule has 1 N–H and O–H groups in total. The van der Waals surface area contributed by atoms with Crippen molar-refractivity contribution >= 4 is 11.6 Å². The van der Waals surface area contributed by atoms with Crippen LogP contribution in [0.5, 0.6) is 5.75 Å². The monoisotopic (exact) mass is 321 g/mol. The fraction of sp³-hybridized carbons (Fsp3) is 0.235. The van der Waals surface area contributed by atoms with Gasteiger partial charge in [0.15, 0.2) is 0 Å². The number of hydrogen-bond donors (Lipinski definition) is 1. The minimum atomic E-state index is -2.89. The van der Waals surface area contributed by atoms with Crippen LogP contribution in [0.4, 0.5) is 18.9 Å². The smallest absolute Gasteiger partial charge is 0.387 e. The molecule has 0 heterocycles. The molecule has 0 atom stereocenters. The molecule has 2 aromatic rings. The summed E-state index contributed by atoms with van der Waals surface area (Å²) in [6.07, 6.45) is 1.38. The van der Waals surface area contributed by atoms with Gasteiger partial charge >= 0.3 is 6.61 Å². The lowest BCUT2D eigenvalue weighted by Crippen LogP contribution is -2.27. The molecule has 1 aliphatic carbocycles. The van der Waals surface area contributed by atoms with Crippen LogP contribution in [0.25, 0.3) is 0 Å². The number of rotatable bonds is 5. The topological polar surface area (TPSA) is 38.3 Å². The summed E-state index contributed by atoms with van der Waals surface area (Å²) in [5, 5.41) is 2.76. The van der Waals surface area contributed by atoms with Crippen LogP contribution in [0.1, 0.15) is 18.4 Å². The zero-order valence-corrected chi connectivity index (χ0v) is 12.1. The van der Waals surface area contributed by atoms with Crippen molar-refractivity contribution < 1.29 is 22.7 Å². The van der Waals surface area contributed by atoms with Gasteiger partial charge in [0.25, 0.3) is 0 Å². The molecule has 0 unspecified atom stereocenters. The number of benzene rings is 2. The third-order valence-electron chi connectivity index (χ3n) is 3.92. The van der Waals surface area contributed by atoms with Crippen molar-refractivity contribution in [1.29, 1.82) is 0 Å². The third kappa shape index (κ3) is 3.31. The van der Waals surface area contributed by atoms with Gasteiger partial charge in [-0.05, 0) is 54.8 Å². The molecule has 23 heavy (non-hydrogen) atoms. The van der Waals surface area contributed by atoms with E-state index in [-0.39, 0.29) is 17.5 Å². The Balaban J connectivity index is 1.70. The van der Waals surface area contributed by atoms with Crippen molar-refractivity contribution in [2.45, 2.75) is 24.9 Å². The lowest BCUT2D eigenvalue weighted by Gasteiger charge is -2.16. The van der Waals surface area contributed by atoms with E-state index in [1.165, 1.54) is 36.4 Å². The molecule has 1 amide bonds. The SMILES string of the molecule is O=C(Nc1ccc(OC(F)F)cc1)C1(c2ccc(F)cc2)CC1. The second kappa shape index (κ2) is 5.95. The Morgan fingerprint density at radius 2 is 1.65 bits per heavy atom. The second-order valence-corrected chi connectivity index (χ2v) is 5.45. The molecule has 0 spiro atoms. The molecule has 0 aromatic heterocycles. The Hall–Kier alpha value is -2.50. The van der Waals surface area contributed by atoms with E-state index >= 15 is 0 Å². The van der Waals surface area contributed by atoms with Crippen molar-refractivity contribution in [2.75, 3.05) is 5.32 Å². The first-order valence-corrected chi connectivity index (χ1v) is 7.12. The highest BCUT2D eigenvalue weighted by Gasteiger charge is 2.51. The number of ether oxygens (including phenoxy) is 1. The van der Waals surface area contributed by atoms with E-state index in [9.17, 15) is 18.0 Å². The van der Waals surface area contributed by atoms with Gasteiger partial charge < -0.3 is 10.1 Å². The summed E-state index contributed by atoms with van der Waals surface area (Å²) in [6.45, 7) is -2.89. The largest absolute Gasteiger partial charge is 0.435 e. The van der Waals surface area contributed by atoms with Crippen molar-refractivity contribution in [1.82, 2.24) is 0 Å².